The monoisotopic (exact) mass is 331 g/mol. The van der Waals surface area contributed by atoms with Crippen molar-refractivity contribution in [2.24, 2.45) is 0 Å². The van der Waals surface area contributed by atoms with E-state index in [0.29, 0.717) is 12.4 Å². The maximum Gasteiger partial charge on any atom is 0.260 e. The number of aryl methyl sites for hydroxylation is 2. The largest absolute Gasteiger partial charge is 0.467 e. The molecular weight excluding hydrogens is 314 g/mol. The summed E-state index contributed by atoms with van der Waals surface area (Å²) in [4.78, 5) is 24.2. The summed E-state index contributed by atoms with van der Waals surface area (Å²) in [5, 5.41) is 0.886. The lowest BCUT2D eigenvalue weighted by Crippen LogP contribution is -2.31. The third kappa shape index (κ3) is 3.19. The van der Waals surface area contributed by atoms with Crippen LogP contribution in [0.2, 0.25) is 0 Å². The highest BCUT2D eigenvalue weighted by Gasteiger charge is 2.16. The molecule has 0 saturated heterocycles. The molecule has 3 heterocycles. The normalized spacial score (nSPS) is 10.9. The Bertz CT molecular complexity index is 827. The Kier molecular flexibility index (Phi) is 4.29. The number of nitrogens with zero attached hydrogens (tertiary/aromatic N) is 3. The second kappa shape index (κ2) is 6.37. The predicted molar refractivity (Wildman–Crippen MR) is 87.6 cm³/mol. The molecule has 0 aliphatic heterocycles. The highest BCUT2D eigenvalue weighted by Crippen LogP contribution is 2.33. The van der Waals surface area contributed by atoms with Crippen LogP contribution in [0, 0.1) is 13.8 Å². The first kappa shape index (κ1) is 15.5. The molecule has 120 valence electrons. The summed E-state index contributed by atoms with van der Waals surface area (Å²) in [6, 6.07) is 3.62. The number of fused-ring (bicyclic) bond motifs is 1. The van der Waals surface area contributed by atoms with Crippen LogP contribution in [0.25, 0.3) is 10.2 Å². The molecule has 1 amide bonds. The van der Waals surface area contributed by atoms with Gasteiger partial charge < -0.3 is 14.1 Å². The summed E-state index contributed by atoms with van der Waals surface area (Å²) in [6.45, 7) is 4.38. The van der Waals surface area contributed by atoms with Gasteiger partial charge in [-0.2, -0.15) is 0 Å². The number of amides is 1. The van der Waals surface area contributed by atoms with Crippen LogP contribution >= 0.6 is 11.3 Å². The summed E-state index contributed by atoms with van der Waals surface area (Å²) in [5.41, 5.74) is 1.09. The molecule has 0 aliphatic carbocycles. The minimum absolute atomic E-state index is 0.0718. The number of thiophene rings is 1. The van der Waals surface area contributed by atoms with E-state index < -0.39 is 0 Å². The standard InChI is InChI=1S/C16H17N3O3S/c1-10-11(2)23-16-14(10)15(17-9-18-16)22-8-13(20)19(3)7-12-5-4-6-21-12/h4-6,9H,7-8H2,1-3H3. The molecule has 23 heavy (non-hydrogen) atoms. The Morgan fingerprint density at radius 3 is 2.96 bits per heavy atom. The van der Waals surface area contributed by atoms with Gasteiger partial charge in [0.1, 0.15) is 16.9 Å². The van der Waals surface area contributed by atoms with Crippen molar-refractivity contribution in [3.63, 3.8) is 0 Å². The van der Waals surface area contributed by atoms with Crippen molar-refractivity contribution < 1.29 is 13.9 Å². The van der Waals surface area contributed by atoms with Crippen LogP contribution in [0.1, 0.15) is 16.2 Å². The van der Waals surface area contributed by atoms with Crippen molar-refractivity contribution in [1.82, 2.24) is 14.9 Å². The predicted octanol–water partition coefficient (Wildman–Crippen LogP) is 2.94. The van der Waals surface area contributed by atoms with Crippen molar-refractivity contribution in [2.45, 2.75) is 20.4 Å². The fourth-order valence-corrected chi connectivity index (χ4v) is 3.21. The van der Waals surface area contributed by atoms with Gasteiger partial charge in [-0.05, 0) is 31.5 Å². The number of likely N-dealkylation sites (N-methyl/N-ethyl adjacent to an activating group) is 1. The molecule has 0 spiro atoms. The second-order valence-corrected chi connectivity index (χ2v) is 6.46. The van der Waals surface area contributed by atoms with Gasteiger partial charge in [-0.1, -0.05) is 0 Å². The first-order valence-corrected chi connectivity index (χ1v) is 7.97. The molecular formula is C16H17N3O3S. The Labute approximate surface area is 137 Å². The van der Waals surface area contributed by atoms with Gasteiger partial charge in [0, 0.05) is 11.9 Å². The first-order valence-electron chi connectivity index (χ1n) is 7.16. The van der Waals surface area contributed by atoms with E-state index in [1.807, 2.05) is 19.9 Å². The minimum atomic E-state index is -0.141. The summed E-state index contributed by atoms with van der Waals surface area (Å²) < 4.78 is 10.9. The van der Waals surface area contributed by atoms with Crippen LogP contribution in [0.4, 0.5) is 0 Å². The lowest BCUT2D eigenvalue weighted by Gasteiger charge is -2.16. The van der Waals surface area contributed by atoms with E-state index in [1.54, 1.807) is 35.6 Å². The van der Waals surface area contributed by atoms with Crippen molar-refractivity contribution in [2.75, 3.05) is 13.7 Å². The quantitative estimate of drug-likeness (QED) is 0.719. The zero-order valence-corrected chi connectivity index (χ0v) is 14.0. The number of aromatic nitrogens is 2. The lowest BCUT2D eigenvalue weighted by molar-refractivity contribution is -0.132. The van der Waals surface area contributed by atoms with Crippen LogP contribution in [-0.2, 0) is 11.3 Å². The molecule has 0 unspecified atom stereocenters. The van der Waals surface area contributed by atoms with E-state index in [4.69, 9.17) is 9.15 Å². The highest BCUT2D eigenvalue weighted by atomic mass is 32.1. The zero-order valence-electron chi connectivity index (χ0n) is 13.2. The molecule has 3 rings (SSSR count). The SMILES string of the molecule is Cc1sc2ncnc(OCC(=O)N(C)Cc3ccco3)c2c1C. The number of hydrogen-bond donors (Lipinski definition) is 0. The van der Waals surface area contributed by atoms with Crippen molar-refractivity contribution >= 4 is 27.5 Å². The van der Waals surface area contributed by atoms with E-state index >= 15 is 0 Å². The maximum absolute atomic E-state index is 12.2. The molecule has 0 fully saturated rings. The third-order valence-electron chi connectivity index (χ3n) is 3.66. The topological polar surface area (TPSA) is 68.5 Å². The molecule has 0 N–H and O–H groups in total. The Hall–Kier alpha value is -2.41. The Morgan fingerprint density at radius 1 is 1.39 bits per heavy atom. The van der Waals surface area contributed by atoms with Gasteiger partial charge in [-0.25, -0.2) is 9.97 Å². The van der Waals surface area contributed by atoms with Crippen molar-refractivity contribution in [3.05, 3.63) is 40.9 Å². The van der Waals surface area contributed by atoms with Gasteiger partial charge >= 0.3 is 0 Å². The molecule has 0 radical (unpaired) electrons. The molecule has 3 aromatic rings. The van der Waals surface area contributed by atoms with E-state index in [0.717, 1.165) is 21.5 Å². The van der Waals surface area contributed by atoms with Crippen LogP contribution < -0.4 is 4.74 Å². The van der Waals surface area contributed by atoms with Crippen LogP contribution in [-0.4, -0.2) is 34.4 Å². The summed E-state index contributed by atoms with van der Waals surface area (Å²) >= 11 is 1.60. The summed E-state index contributed by atoms with van der Waals surface area (Å²) in [5.74, 6) is 1.05. The van der Waals surface area contributed by atoms with Gasteiger partial charge in [-0.3, -0.25) is 4.79 Å². The van der Waals surface area contributed by atoms with Crippen LogP contribution in [0.3, 0.4) is 0 Å². The van der Waals surface area contributed by atoms with Crippen molar-refractivity contribution in [3.8, 4) is 5.88 Å². The Morgan fingerprint density at radius 2 is 2.22 bits per heavy atom. The molecule has 7 heteroatoms. The van der Waals surface area contributed by atoms with E-state index in [2.05, 4.69) is 9.97 Å². The van der Waals surface area contributed by atoms with Gasteiger partial charge in [0.2, 0.25) is 5.88 Å². The van der Waals surface area contributed by atoms with Gasteiger partial charge in [0.25, 0.3) is 5.91 Å². The molecule has 0 aliphatic rings. The number of carbonyl (C=O) groups is 1. The number of carbonyl (C=O) groups excluding carboxylic acids is 1. The minimum Gasteiger partial charge on any atom is -0.467 e. The van der Waals surface area contributed by atoms with Crippen LogP contribution in [0.15, 0.2) is 29.1 Å². The molecule has 3 aromatic heterocycles. The molecule has 0 bridgehead atoms. The Balaban J connectivity index is 1.69. The number of ether oxygens (including phenoxy) is 1. The molecule has 0 aromatic carbocycles. The summed E-state index contributed by atoms with van der Waals surface area (Å²) in [7, 11) is 1.71. The number of furan rings is 1. The van der Waals surface area contributed by atoms with Crippen LogP contribution in [0.5, 0.6) is 5.88 Å². The lowest BCUT2D eigenvalue weighted by atomic mass is 10.2. The second-order valence-electron chi connectivity index (χ2n) is 5.26. The van der Waals surface area contributed by atoms with E-state index in [1.165, 1.54) is 11.2 Å². The number of rotatable bonds is 5. The van der Waals surface area contributed by atoms with Gasteiger partial charge in [0.05, 0.1) is 18.2 Å². The average Bonchev–Trinajstić information content (AvgIpc) is 3.14. The highest BCUT2D eigenvalue weighted by molar-refractivity contribution is 7.18. The number of hydrogen-bond acceptors (Lipinski definition) is 6. The maximum atomic E-state index is 12.2. The van der Waals surface area contributed by atoms with E-state index in [9.17, 15) is 4.79 Å². The zero-order chi connectivity index (χ0) is 16.4. The molecule has 6 nitrogen and oxygen atoms in total. The fourth-order valence-electron chi connectivity index (χ4n) is 2.22. The molecule has 0 atom stereocenters. The first-order chi connectivity index (χ1) is 11.1. The summed E-state index contributed by atoms with van der Waals surface area (Å²) in [6.07, 6.45) is 3.05. The van der Waals surface area contributed by atoms with Crippen molar-refractivity contribution in [1.29, 1.82) is 0 Å². The van der Waals surface area contributed by atoms with E-state index in [-0.39, 0.29) is 12.5 Å². The molecule has 0 saturated carbocycles. The van der Waals surface area contributed by atoms with Gasteiger partial charge in [0.15, 0.2) is 6.61 Å². The third-order valence-corrected chi connectivity index (χ3v) is 4.78. The average molecular weight is 331 g/mol. The van der Waals surface area contributed by atoms with Gasteiger partial charge in [-0.15, -0.1) is 11.3 Å². The fraction of sp³-hybridized carbons (Fsp3) is 0.312. The smallest absolute Gasteiger partial charge is 0.260 e.